The van der Waals surface area contributed by atoms with Crippen LogP contribution in [0.5, 0.6) is 0 Å². The Morgan fingerprint density at radius 2 is 1.81 bits per heavy atom. The predicted molar refractivity (Wildman–Crippen MR) is 78.1 cm³/mol. The van der Waals surface area contributed by atoms with Gasteiger partial charge < -0.3 is 15.3 Å². The van der Waals surface area contributed by atoms with Crippen molar-refractivity contribution in [1.29, 1.82) is 0 Å². The molecular weight excluding hydrogens is 270 g/mol. The van der Waals surface area contributed by atoms with Crippen LogP contribution in [-0.2, 0) is 4.79 Å². The first-order chi connectivity index (χ1) is 10.1. The van der Waals surface area contributed by atoms with Gasteiger partial charge in [-0.05, 0) is 31.1 Å². The number of hydrogen-bond donors (Lipinski definition) is 2. The van der Waals surface area contributed by atoms with Gasteiger partial charge >= 0.3 is 12.0 Å². The van der Waals surface area contributed by atoms with Crippen molar-refractivity contribution >= 4 is 12.0 Å². The summed E-state index contributed by atoms with van der Waals surface area (Å²) in [6, 6.07) is 0.742. The molecule has 0 atom stereocenters. The van der Waals surface area contributed by atoms with Gasteiger partial charge in [0.1, 0.15) is 0 Å². The summed E-state index contributed by atoms with van der Waals surface area (Å²) in [6.07, 6.45) is 5.68. The molecule has 3 rings (SSSR count). The lowest BCUT2D eigenvalue weighted by atomic mass is 9.66. The molecule has 1 aliphatic heterocycles. The van der Waals surface area contributed by atoms with Crippen molar-refractivity contribution in [1.82, 2.24) is 15.1 Å². The smallest absolute Gasteiger partial charge is 0.317 e. The van der Waals surface area contributed by atoms with E-state index in [1.165, 1.54) is 12.8 Å². The lowest BCUT2D eigenvalue weighted by Gasteiger charge is -2.42. The summed E-state index contributed by atoms with van der Waals surface area (Å²) in [5.41, 5.74) is -0.197. The second-order valence-corrected chi connectivity index (χ2v) is 6.84. The monoisotopic (exact) mass is 295 g/mol. The number of carboxylic acid groups (broad SMARTS) is 1. The van der Waals surface area contributed by atoms with Crippen LogP contribution in [0.25, 0.3) is 0 Å². The SMILES string of the molecule is O=C(O)CC1(CNC(=O)N2CCN(C3CC3)CC2)CCC1. The van der Waals surface area contributed by atoms with Crippen molar-refractivity contribution in [3.8, 4) is 0 Å². The summed E-state index contributed by atoms with van der Waals surface area (Å²) in [7, 11) is 0. The van der Waals surface area contributed by atoms with E-state index in [2.05, 4.69) is 10.2 Å². The summed E-state index contributed by atoms with van der Waals surface area (Å²) >= 11 is 0. The van der Waals surface area contributed by atoms with Crippen molar-refractivity contribution in [2.75, 3.05) is 32.7 Å². The largest absolute Gasteiger partial charge is 0.481 e. The Hall–Kier alpha value is -1.30. The maximum atomic E-state index is 12.2. The molecule has 2 saturated carbocycles. The third-order valence-corrected chi connectivity index (χ3v) is 5.22. The van der Waals surface area contributed by atoms with E-state index in [9.17, 15) is 9.59 Å². The minimum absolute atomic E-state index is 0.0258. The van der Waals surface area contributed by atoms with Gasteiger partial charge in [0.05, 0.1) is 6.42 Å². The molecule has 0 radical (unpaired) electrons. The van der Waals surface area contributed by atoms with Gasteiger partial charge in [0.15, 0.2) is 0 Å². The molecule has 1 heterocycles. The van der Waals surface area contributed by atoms with E-state index < -0.39 is 5.97 Å². The first-order valence-electron chi connectivity index (χ1n) is 8.07. The van der Waals surface area contributed by atoms with Gasteiger partial charge in [-0.25, -0.2) is 4.79 Å². The van der Waals surface area contributed by atoms with E-state index in [0.29, 0.717) is 6.54 Å². The zero-order valence-electron chi connectivity index (χ0n) is 12.5. The quantitative estimate of drug-likeness (QED) is 0.797. The fourth-order valence-electron chi connectivity index (χ4n) is 3.52. The molecule has 21 heavy (non-hydrogen) atoms. The maximum absolute atomic E-state index is 12.2. The van der Waals surface area contributed by atoms with Gasteiger partial charge in [-0.1, -0.05) is 6.42 Å². The van der Waals surface area contributed by atoms with Gasteiger partial charge in [-0.2, -0.15) is 0 Å². The molecule has 0 spiro atoms. The molecular formula is C15H25N3O3. The van der Waals surface area contributed by atoms with Gasteiger partial charge in [0.2, 0.25) is 0 Å². The van der Waals surface area contributed by atoms with Crippen molar-refractivity contribution in [3.05, 3.63) is 0 Å². The number of hydrogen-bond acceptors (Lipinski definition) is 3. The molecule has 0 aromatic heterocycles. The third kappa shape index (κ3) is 3.48. The second-order valence-electron chi connectivity index (χ2n) is 6.84. The number of nitrogens with one attached hydrogen (secondary N) is 1. The van der Waals surface area contributed by atoms with E-state index >= 15 is 0 Å². The van der Waals surface area contributed by atoms with Gasteiger partial charge in [-0.15, -0.1) is 0 Å². The number of carboxylic acids is 1. The standard InChI is InChI=1S/C15H25N3O3/c19-13(20)10-15(4-1-5-15)11-16-14(21)18-8-6-17(7-9-18)12-2-3-12/h12H,1-11H2,(H,16,21)(H,19,20). The molecule has 0 bridgehead atoms. The summed E-state index contributed by atoms with van der Waals surface area (Å²) in [6.45, 7) is 4.01. The third-order valence-electron chi connectivity index (χ3n) is 5.22. The lowest BCUT2D eigenvalue weighted by molar-refractivity contribution is -0.141. The number of urea groups is 1. The Morgan fingerprint density at radius 3 is 2.29 bits per heavy atom. The van der Waals surface area contributed by atoms with E-state index in [1.807, 2.05) is 4.90 Å². The van der Waals surface area contributed by atoms with Gasteiger partial charge in [0, 0.05) is 38.8 Å². The first kappa shape index (κ1) is 14.6. The van der Waals surface area contributed by atoms with E-state index in [-0.39, 0.29) is 17.9 Å². The van der Waals surface area contributed by atoms with E-state index in [4.69, 9.17) is 5.11 Å². The molecule has 0 aromatic rings. The Bertz CT molecular complexity index is 410. The van der Waals surface area contributed by atoms with Crippen molar-refractivity contribution in [3.63, 3.8) is 0 Å². The number of aliphatic carboxylic acids is 1. The van der Waals surface area contributed by atoms with Crippen molar-refractivity contribution in [2.24, 2.45) is 5.41 Å². The average molecular weight is 295 g/mol. The Kier molecular flexibility index (Phi) is 4.06. The number of rotatable bonds is 5. The number of piperazine rings is 1. The molecule has 6 heteroatoms. The highest BCUT2D eigenvalue weighted by Crippen LogP contribution is 2.43. The zero-order valence-corrected chi connectivity index (χ0v) is 12.5. The lowest BCUT2D eigenvalue weighted by Crippen LogP contribution is -2.54. The van der Waals surface area contributed by atoms with E-state index in [0.717, 1.165) is 51.5 Å². The van der Waals surface area contributed by atoms with Crippen LogP contribution < -0.4 is 5.32 Å². The zero-order chi connectivity index (χ0) is 14.9. The molecule has 1 saturated heterocycles. The predicted octanol–water partition coefficient (Wildman–Crippen LogP) is 1.12. The highest BCUT2D eigenvalue weighted by atomic mass is 16.4. The number of nitrogens with zero attached hydrogens (tertiary/aromatic N) is 2. The molecule has 118 valence electrons. The average Bonchev–Trinajstić information content (AvgIpc) is 3.25. The van der Waals surface area contributed by atoms with Gasteiger partial charge in [-0.3, -0.25) is 9.69 Å². The summed E-state index contributed by atoms with van der Waals surface area (Å²) < 4.78 is 0. The van der Waals surface area contributed by atoms with Crippen LogP contribution >= 0.6 is 0 Å². The van der Waals surface area contributed by atoms with Crippen LogP contribution in [0.4, 0.5) is 4.79 Å². The van der Waals surface area contributed by atoms with Crippen molar-refractivity contribution < 1.29 is 14.7 Å². The molecule has 3 aliphatic rings. The Morgan fingerprint density at radius 1 is 1.14 bits per heavy atom. The Balaban J connectivity index is 1.42. The topological polar surface area (TPSA) is 72.9 Å². The van der Waals surface area contributed by atoms with Crippen LogP contribution in [0.15, 0.2) is 0 Å². The summed E-state index contributed by atoms with van der Waals surface area (Å²) in [5.74, 6) is -0.762. The Labute approximate surface area is 125 Å². The van der Waals surface area contributed by atoms with Crippen LogP contribution in [0.1, 0.15) is 38.5 Å². The second kappa shape index (κ2) is 5.83. The normalized spacial score (nSPS) is 25.2. The van der Waals surface area contributed by atoms with E-state index in [1.54, 1.807) is 0 Å². The summed E-state index contributed by atoms with van der Waals surface area (Å²) in [4.78, 5) is 27.5. The number of carbonyl (C=O) groups excluding carboxylic acids is 1. The van der Waals surface area contributed by atoms with Crippen LogP contribution in [-0.4, -0.2) is 65.7 Å². The minimum Gasteiger partial charge on any atom is -0.481 e. The maximum Gasteiger partial charge on any atom is 0.317 e. The number of amides is 2. The highest BCUT2D eigenvalue weighted by molar-refractivity contribution is 5.74. The van der Waals surface area contributed by atoms with Crippen molar-refractivity contribution in [2.45, 2.75) is 44.6 Å². The van der Waals surface area contributed by atoms with Crippen LogP contribution in [0.3, 0.4) is 0 Å². The highest BCUT2D eigenvalue weighted by Gasteiger charge is 2.39. The van der Waals surface area contributed by atoms with Crippen LogP contribution in [0, 0.1) is 5.41 Å². The molecule has 2 aliphatic carbocycles. The molecule has 2 amide bonds. The summed E-state index contributed by atoms with van der Waals surface area (Å²) in [5, 5.41) is 12.0. The molecule has 6 nitrogen and oxygen atoms in total. The van der Waals surface area contributed by atoms with Crippen LogP contribution in [0.2, 0.25) is 0 Å². The molecule has 3 fully saturated rings. The molecule has 0 unspecified atom stereocenters. The fourth-order valence-corrected chi connectivity index (χ4v) is 3.52. The number of carbonyl (C=O) groups is 2. The minimum atomic E-state index is -0.762. The molecule has 0 aromatic carbocycles. The fraction of sp³-hybridized carbons (Fsp3) is 0.867. The molecule has 2 N–H and O–H groups in total. The van der Waals surface area contributed by atoms with Gasteiger partial charge in [0.25, 0.3) is 0 Å². The first-order valence-corrected chi connectivity index (χ1v) is 8.07.